The first-order valence-electron chi connectivity index (χ1n) is 8.62. The number of nitrogens with one attached hydrogen (secondary N) is 1. The highest BCUT2D eigenvalue weighted by Crippen LogP contribution is 2.39. The van der Waals surface area contributed by atoms with Gasteiger partial charge >= 0.3 is 0 Å². The molecule has 1 N–H and O–H groups in total. The third-order valence-electron chi connectivity index (χ3n) is 4.40. The largest absolute Gasteiger partial charge is 0.293 e. The molecule has 0 radical (unpaired) electrons. The highest BCUT2D eigenvalue weighted by atomic mass is 32.2. The normalized spacial score (nSPS) is 12.4. The molecular weight excluding hydrogens is 383 g/mol. The Balaban J connectivity index is 1.73. The topological polar surface area (TPSA) is 67.8 Å². The lowest BCUT2D eigenvalue weighted by molar-refractivity contribution is 0.270. The van der Waals surface area contributed by atoms with Crippen molar-refractivity contribution in [3.8, 4) is 22.0 Å². The highest BCUT2D eigenvalue weighted by molar-refractivity contribution is 8.13. The molecule has 0 unspecified atom stereocenters. The Morgan fingerprint density at radius 1 is 1.33 bits per heavy atom. The molecule has 1 aliphatic rings. The zero-order chi connectivity index (χ0) is 19.0. The van der Waals surface area contributed by atoms with Crippen LogP contribution in [0.2, 0.25) is 0 Å². The number of hydrogen-bond acceptors (Lipinski definition) is 6. The molecule has 2 heterocycles. The molecule has 8 heteroatoms. The molecular formula is C19H17FN4OS2. The standard InChI is InChI=1S/C19H17FN4OS2/c1-3-26-19(25)24-18-22-14-8-7-11-9-21-17(23-15(11)16(14)27-18)12-5-4-6-13(20)10(12)2/h4-6,9H,3,7-8H2,1-2H3,(H,22,24,25). The maximum atomic E-state index is 13.9. The van der Waals surface area contributed by atoms with Gasteiger partial charge in [-0.1, -0.05) is 42.2 Å². The van der Waals surface area contributed by atoms with Gasteiger partial charge in [-0.3, -0.25) is 10.1 Å². The monoisotopic (exact) mass is 400 g/mol. The minimum atomic E-state index is -0.272. The van der Waals surface area contributed by atoms with Gasteiger partial charge in [0.15, 0.2) is 11.0 Å². The number of thioether (sulfide) groups is 1. The molecule has 0 saturated carbocycles. The molecule has 27 heavy (non-hydrogen) atoms. The van der Waals surface area contributed by atoms with E-state index in [-0.39, 0.29) is 11.1 Å². The van der Waals surface area contributed by atoms with Crippen molar-refractivity contribution in [3.05, 3.63) is 47.0 Å². The van der Waals surface area contributed by atoms with Crippen LogP contribution in [0.15, 0.2) is 24.4 Å². The summed E-state index contributed by atoms with van der Waals surface area (Å²) in [7, 11) is 0. The van der Waals surface area contributed by atoms with Crippen molar-refractivity contribution in [3.63, 3.8) is 0 Å². The summed E-state index contributed by atoms with van der Waals surface area (Å²) in [6, 6.07) is 4.92. The van der Waals surface area contributed by atoms with E-state index in [9.17, 15) is 9.18 Å². The number of carbonyl (C=O) groups is 1. The van der Waals surface area contributed by atoms with Crippen molar-refractivity contribution in [2.75, 3.05) is 11.1 Å². The maximum Gasteiger partial charge on any atom is 0.285 e. The zero-order valence-electron chi connectivity index (χ0n) is 14.9. The van der Waals surface area contributed by atoms with Crippen molar-refractivity contribution >= 4 is 33.5 Å². The summed E-state index contributed by atoms with van der Waals surface area (Å²) in [5.41, 5.74) is 4.02. The SMILES string of the molecule is CCSC(=O)Nc1nc2c(s1)-c1nc(-c3cccc(F)c3C)ncc1CC2. The first-order valence-corrected chi connectivity index (χ1v) is 10.4. The summed E-state index contributed by atoms with van der Waals surface area (Å²) in [5.74, 6) is 0.938. The van der Waals surface area contributed by atoms with Gasteiger partial charge in [-0.25, -0.2) is 19.3 Å². The summed E-state index contributed by atoms with van der Waals surface area (Å²) < 4.78 is 13.9. The highest BCUT2D eigenvalue weighted by Gasteiger charge is 2.24. The molecule has 0 fully saturated rings. The van der Waals surface area contributed by atoms with Crippen LogP contribution in [0.4, 0.5) is 14.3 Å². The number of rotatable bonds is 3. The molecule has 1 aliphatic carbocycles. The number of aromatic nitrogens is 3. The van der Waals surface area contributed by atoms with Crippen LogP contribution >= 0.6 is 23.1 Å². The molecule has 5 nitrogen and oxygen atoms in total. The fourth-order valence-electron chi connectivity index (χ4n) is 3.03. The number of amides is 1. The molecule has 4 rings (SSSR count). The van der Waals surface area contributed by atoms with Gasteiger partial charge in [0.1, 0.15) is 5.82 Å². The number of benzene rings is 1. The molecule has 1 amide bonds. The van der Waals surface area contributed by atoms with Gasteiger partial charge < -0.3 is 0 Å². The van der Waals surface area contributed by atoms with Crippen LogP contribution in [0.25, 0.3) is 22.0 Å². The molecule has 0 spiro atoms. The van der Waals surface area contributed by atoms with Crippen LogP contribution in [-0.4, -0.2) is 25.9 Å². The molecule has 3 aromatic rings. The van der Waals surface area contributed by atoms with Gasteiger partial charge in [0.2, 0.25) is 0 Å². The fourth-order valence-corrected chi connectivity index (χ4v) is 4.56. The Morgan fingerprint density at radius 3 is 3.00 bits per heavy atom. The molecule has 0 saturated heterocycles. The number of fused-ring (bicyclic) bond motifs is 3. The van der Waals surface area contributed by atoms with E-state index in [2.05, 4.69) is 15.3 Å². The number of hydrogen-bond donors (Lipinski definition) is 1. The number of nitrogens with zero attached hydrogens (tertiary/aromatic N) is 3. The smallest absolute Gasteiger partial charge is 0.285 e. The number of anilines is 1. The molecule has 0 atom stereocenters. The molecule has 0 aliphatic heterocycles. The Bertz CT molecular complexity index is 1030. The Morgan fingerprint density at radius 2 is 2.19 bits per heavy atom. The van der Waals surface area contributed by atoms with E-state index in [1.165, 1.54) is 29.2 Å². The summed E-state index contributed by atoms with van der Waals surface area (Å²) in [6.07, 6.45) is 3.40. The summed E-state index contributed by atoms with van der Waals surface area (Å²) >= 11 is 2.64. The number of halogens is 1. The summed E-state index contributed by atoms with van der Waals surface area (Å²) in [6.45, 7) is 3.66. The third kappa shape index (κ3) is 3.46. The molecule has 138 valence electrons. The van der Waals surface area contributed by atoms with Crippen LogP contribution in [0.3, 0.4) is 0 Å². The zero-order valence-corrected chi connectivity index (χ0v) is 16.5. The predicted molar refractivity (Wildman–Crippen MR) is 108 cm³/mol. The second-order valence-corrected chi connectivity index (χ2v) is 8.36. The van der Waals surface area contributed by atoms with E-state index in [4.69, 9.17) is 4.98 Å². The van der Waals surface area contributed by atoms with Gasteiger partial charge in [-0.2, -0.15) is 0 Å². The van der Waals surface area contributed by atoms with Crippen LogP contribution in [0.1, 0.15) is 23.7 Å². The maximum absolute atomic E-state index is 13.9. The fraction of sp³-hybridized carbons (Fsp3) is 0.263. The average Bonchev–Trinajstić information content (AvgIpc) is 3.06. The Hall–Kier alpha value is -2.32. The van der Waals surface area contributed by atoms with Crippen molar-refractivity contribution in [2.45, 2.75) is 26.7 Å². The second-order valence-electron chi connectivity index (χ2n) is 6.12. The van der Waals surface area contributed by atoms with Crippen molar-refractivity contribution in [1.29, 1.82) is 0 Å². The average molecular weight is 401 g/mol. The van der Waals surface area contributed by atoms with Gasteiger partial charge in [0.25, 0.3) is 5.24 Å². The van der Waals surface area contributed by atoms with Gasteiger partial charge in [-0.05, 0) is 42.7 Å². The lowest BCUT2D eigenvalue weighted by atomic mass is 9.99. The minimum Gasteiger partial charge on any atom is -0.293 e. The van der Waals surface area contributed by atoms with Gasteiger partial charge in [-0.15, -0.1) is 0 Å². The summed E-state index contributed by atoms with van der Waals surface area (Å²) in [5, 5.41) is 3.31. The Kier molecular flexibility index (Phi) is 4.92. The quantitative estimate of drug-likeness (QED) is 0.663. The van der Waals surface area contributed by atoms with E-state index < -0.39 is 0 Å². The van der Waals surface area contributed by atoms with E-state index in [1.54, 1.807) is 13.0 Å². The summed E-state index contributed by atoms with van der Waals surface area (Å²) in [4.78, 5) is 26.5. The van der Waals surface area contributed by atoms with E-state index in [0.717, 1.165) is 34.7 Å². The molecule has 1 aromatic carbocycles. The second kappa shape index (κ2) is 7.36. The van der Waals surface area contributed by atoms with Gasteiger partial charge in [0, 0.05) is 11.8 Å². The number of thiazole rings is 1. The van der Waals surface area contributed by atoms with Crippen molar-refractivity contribution in [2.24, 2.45) is 0 Å². The van der Waals surface area contributed by atoms with E-state index in [0.29, 0.717) is 27.8 Å². The van der Waals surface area contributed by atoms with Gasteiger partial charge in [0.05, 0.1) is 16.3 Å². The van der Waals surface area contributed by atoms with Crippen molar-refractivity contribution in [1.82, 2.24) is 15.0 Å². The van der Waals surface area contributed by atoms with Crippen LogP contribution in [0, 0.1) is 12.7 Å². The van der Waals surface area contributed by atoms with Crippen LogP contribution in [0.5, 0.6) is 0 Å². The number of carbonyl (C=O) groups excluding carboxylic acids is 1. The number of aryl methyl sites for hydroxylation is 2. The molecule has 0 bridgehead atoms. The lowest BCUT2D eigenvalue weighted by Gasteiger charge is -2.15. The van der Waals surface area contributed by atoms with E-state index >= 15 is 0 Å². The first-order chi connectivity index (χ1) is 13.1. The predicted octanol–water partition coefficient (Wildman–Crippen LogP) is 5.10. The van der Waals surface area contributed by atoms with E-state index in [1.807, 2.05) is 19.2 Å². The Labute approximate surface area is 164 Å². The third-order valence-corrected chi connectivity index (χ3v) is 6.07. The van der Waals surface area contributed by atoms with Crippen LogP contribution in [-0.2, 0) is 12.8 Å². The van der Waals surface area contributed by atoms with Crippen molar-refractivity contribution < 1.29 is 9.18 Å². The first kappa shape index (κ1) is 18.1. The molecule has 2 aromatic heterocycles. The van der Waals surface area contributed by atoms with Crippen LogP contribution < -0.4 is 5.32 Å². The minimum absolute atomic E-state index is 0.109. The lowest BCUT2D eigenvalue weighted by Crippen LogP contribution is -2.07.